The second kappa shape index (κ2) is 5.18. The van der Waals surface area contributed by atoms with Crippen LogP contribution in [0.2, 0.25) is 0 Å². The van der Waals surface area contributed by atoms with Crippen LogP contribution in [0.25, 0.3) is 0 Å². The lowest BCUT2D eigenvalue weighted by Crippen LogP contribution is -2.27. The molecule has 0 saturated carbocycles. The molecule has 0 radical (unpaired) electrons. The SMILES string of the molecule is CC(C)n1[nH]c(=O)c2c1NC(=O)C[C@H]2c1cccc(Br)c1. The second-order valence-corrected chi connectivity index (χ2v) is 6.44. The van der Waals surface area contributed by atoms with Crippen LogP contribution in [0.3, 0.4) is 0 Å². The molecule has 1 aliphatic rings. The Kier molecular flexibility index (Phi) is 3.49. The molecule has 1 aromatic carbocycles. The first-order chi connectivity index (χ1) is 9.97. The molecule has 3 rings (SSSR count). The van der Waals surface area contributed by atoms with Gasteiger partial charge >= 0.3 is 0 Å². The second-order valence-electron chi connectivity index (χ2n) is 5.53. The number of nitrogens with one attached hydrogen (secondary N) is 2. The van der Waals surface area contributed by atoms with E-state index in [1.165, 1.54) is 0 Å². The Morgan fingerprint density at radius 1 is 1.33 bits per heavy atom. The molecule has 6 heteroatoms. The molecule has 1 aromatic heterocycles. The molecule has 2 N–H and O–H groups in total. The van der Waals surface area contributed by atoms with E-state index < -0.39 is 0 Å². The summed E-state index contributed by atoms with van der Waals surface area (Å²) in [5.74, 6) is 0.312. The van der Waals surface area contributed by atoms with Crippen molar-refractivity contribution in [2.75, 3.05) is 5.32 Å². The summed E-state index contributed by atoms with van der Waals surface area (Å²) in [6.07, 6.45) is 0.286. The average molecular weight is 350 g/mol. The predicted molar refractivity (Wildman–Crippen MR) is 84.7 cm³/mol. The lowest BCUT2D eigenvalue weighted by Gasteiger charge is -2.24. The molecule has 0 bridgehead atoms. The molecule has 0 spiro atoms. The maximum absolute atomic E-state index is 12.3. The van der Waals surface area contributed by atoms with Crippen LogP contribution in [-0.2, 0) is 4.79 Å². The Balaban J connectivity index is 2.18. The van der Waals surface area contributed by atoms with Crippen LogP contribution >= 0.6 is 15.9 Å². The molecule has 5 nitrogen and oxygen atoms in total. The number of hydrogen-bond donors (Lipinski definition) is 2. The van der Waals surface area contributed by atoms with Crippen molar-refractivity contribution in [1.29, 1.82) is 0 Å². The monoisotopic (exact) mass is 349 g/mol. The van der Waals surface area contributed by atoms with E-state index in [-0.39, 0.29) is 29.8 Å². The van der Waals surface area contributed by atoms with E-state index in [1.807, 2.05) is 38.1 Å². The van der Waals surface area contributed by atoms with Gasteiger partial charge in [-0.2, -0.15) is 0 Å². The molecule has 0 unspecified atom stereocenters. The van der Waals surface area contributed by atoms with Crippen LogP contribution in [0.1, 0.15) is 43.4 Å². The van der Waals surface area contributed by atoms with Crippen molar-refractivity contribution in [3.05, 3.63) is 50.2 Å². The van der Waals surface area contributed by atoms with E-state index in [0.717, 1.165) is 10.0 Å². The predicted octanol–water partition coefficient (Wildman–Crippen LogP) is 2.99. The van der Waals surface area contributed by atoms with E-state index in [1.54, 1.807) is 4.68 Å². The van der Waals surface area contributed by atoms with Gasteiger partial charge in [-0.05, 0) is 31.5 Å². The minimum atomic E-state index is -0.213. The Morgan fingerprint density at radius 2 is 2.10 bits per heavy atom. The van der Waals surface area contributed by atoms with Crippen molar-refractivity contribution in [3.63, 3.8) is 0 Å². The van der Waals surface area contributed by atoms with Crippen LogP contribution in [0.15, 0.2) is 33.5 Å². The largest absolute Gasteiger partial charge is 0.311 e. The molecule has 2 heterocycles. The van der Waals surface area contributed by atoms with Crippen molar-refractivity contribution >= 4 is 27.7 Å². The quantitative estimate of drug-likeness (QED) is 0.874. The first-order valence-corrected chi connectivity index (χ1v) is 7.66. The lowest BCUT2D eigenvalue weighted by atomic mass is 9.87. The number of carbonyl (C=O) groups excluding carboxylic acids is 1. The van der Waals surface area contributed by atoms with Crippen LogP contribution in [-0.4, -0.2) is 15.7 Å². The van der Waals surface area contributed by atoms with Crippen LogP contribution in [0.4, 0.5) is 5.82 Å². The van der Waals surface area contributed by atoms with Gasteiger partial charge in [-0.3, -0.25) is 19.4 Å². The van der Waals surface area contributed by atoms with Gasteiger partial charge < -0.3 is 5.32 Å². The summed E-state index contributed by atoms with van der Waals surface area (Å²) in [6.45, 7) is 3.93. The van der Waals surface area contributed by atoms with Crippen molar-refractivity contribution in [3.8, 4) is 0 Å². The molecule has 1 aliphatic heterocycles. The number of anilines is 1. The van der Waals surface area contributed by atoms with E-state index in [2.05, 4.69) is 26.3 Å². The third kappa shape index (κ3) is 2.44. The summed E-state index contributed by atoms with van der Waals surface area (Å²) in [4.78, 5) is 24.4. The number of hydrogen-bond acceptors (Lipinski definition) is 2. The zero-order chi connectivity index (χ0) is 15.1. The number of H-pyrrole nitrogens is 1. The zero-order valence-corrected chi connectivity index (χ0v) is 13.4. The maximum atomic E-state index is 12.3. The van der Waals surface area contributed by atoms with Crippen LogP contribution in [0.5, 0.6) is 0 Å². The first kappa shape index (κ1) is 14.1. The molecule has 0 saturated heterocycles. The number of aromatic nitrogens is 2. The Labute approximate surface area is 130 Å². The molecule has 110 valence electrons. The molecule has 1 amide bonds. The fourth-order valence-electron chi connectivity index (χ4n) is 2.78. The number of aromatic amines is 1. The summed E-state index contributed by atoms with van der Waals surface area (Å²) in [6, 6.07) is 7.82. The highest BCUT2D eigenvalue weighted by Gasteiger charge is 2.32. The number of benzene rings is 1. The standard InChI is InChI=1S/C15H16BrN3O2/c1-8(2)19-14-13(15(21)18-19)11(7-12(20)17-14)9-4-3-5-10(16)6-9/h3-6,8,11H,7H2,1-2H3,(H,17,20)(H,18,21)/t11-/m0/s1. The van der Waals surface area contributed by atoms with Crippen molar-refractivity contribution in [2.24, 2.45) is 0 Å². The van der Waals surface area contributed by atoms with Gasteiger partial charge in [0.25, 0.3) is 5.56 Å². The molecule has 0 fully saturated rings. The van der Waals surface area contributed by atoms with Gasteiger partial charge in [-0.1, -0.05) is 28.1 Å². The molecule has 0 aliphatic carbocycles. The molecule has 1 atom stereocenters. The minimum absolute atomic E-state index is 0.0686. The highest BCUT2D eigenvalue weighted by Crippen LogP contribution is 2.36. The van der Waals surface area contributed by atoms with Gasteiger partial charge in [-0.15, -0.1) is 0 Å². The highest BCUT2D eigenvalue weighted by atomic mass is 79.9. The molecule has 2 aromatic rings. The van der Waals surface area contributed by atoms with E-state index >= 15 is 0 Å². The van der Waals surface area contributed by atoms with E-state index in [4.69, 9.17) is 0 Å². The highest BCUT2D eigenvalue weighted by molar-refractivity contribution is 9.10. The zero-order valence-electron chi connectivity index (χ0n) is 11.8. The minimum Gasteiger partial charge on any atom is -0.311 e. The fourth-order valence-corrected chi connectivity index (χ4v) is 3.20. The number of fused-ring (bicyclic) bond motifs is 1. The third-order valence-electron chi connectivity index (χ3n) is 3.73. The topological polar surface area (TPSA) is 66.9 Å². The fraction of sp³-hybridized carbons (Fsp3) is 0.333. The smallest absolute Gasteiger partial charge is 0.270 e. The number of halogens is 1. The van der Waals surface area contributed by atoms with Gasteiger partial charge in [0.1, 0.15) is 5.82 Å². The number of amides is 1. The number of nitrogens with zero attached hydrogens (tertiary/aromatic N) is 1. The summed E-state index contributed by atoms with van der Waals surface area (Å²) >= 11 is 3.44. The first-order valence-electron chi connectivity index (χ1n) is 6.87. The Morgan fingerprint density at radius 3 is 2.76 bits per heavy atom. The summed E-state index contributed by atoms with van der Waals surface area (Å²) in [7, 11) is 0. The summed E-state index contributed by atoms with van der Waals surface area (Å²) in [5, 5.41) is 5.65. The number of carbonyl (C=O) groups is 1. The van der Waals surface area contributed by atoms with E-state index in [9.17, 15) is 9.59 Å². The Hall–Kier alpha value is -1.82. The summed E-state index contributed by atoms with van der Waals surface area (Å²) < 4.78 is 2.66. The van der Waals surface area contributed by atoms with Gasteiger partial charge in [0, 0.05) is 22.9 Å². The van der Waals surface area contributed by atoms with Crippen molar-refractivity contribution < 1.29 is 4.79 Å². The van der Waals surface area contributed by atoms with Gasteiger partial charge in [0.2, 0.25) is 5.91 Å². The average Bonchev–Trinajstić information content (AvgIpc) is 2.75. The molecule has 21 heavy (non-hydrogen) atoms. The number of rotatable bonds is 2. The van der Waals surface area contributed by atoms with Crippen molar-refractivity contribution in [2.45, 2.75) is 32.2 Å². The van der Waals surface area contributed by atoms with Crippen LogP contribution in [0, 0.1) is 0 Å². The molecular weight excluding hydrogens is 334 g/mol. The molecular formula is C15H16BrN3O2. The summed E-state index contributed by atoms with van der Waals surface area (Å²) in [5.41, 5.74) is 1.47. The van der Waals surface area contributed by atoms with Gasteiger partial charge in [0.05, 0.1) is 5.56 Å². The third-order valence-corrected chi connectivity index (χ3v) is 4.22. The van der Waals surface area contributed by atoms with Gasteiger partial charge in [-0.25, -0.2) is 0 Å². The maximum Gasteiger partial charge on any atom is 0.270 e. The normalized spacial score (nSPS) is 17.7. The Bertz CT molecular complexity index is 761. The van der Waals surface area contributed by atoms with Crippen LogP contribution < -0.4 is 10.9 Å². The lowest BCUT2D eigenvalue weighted by molar-refractivity contribution is -0.116. The van der Waals surface area contributed by atoms with Gasteiger partial charge in [0.15, 0.2) is 0 Å². The van der Waals surface area contributed by atoms with Crippen molar-refractivity contribution in [1.82, 2.24) is 9.78 Å². The van der Waals surface area contributed by atoms with E-state index in [0.29, 0.717) is 11.4 Å².